The normalized spacial score (nSPS) is 12.1. The fourth-order valence-electron chi connectivity index (χ4n) is 2.37. The lowest BCUT2D eigenvalue weighted by Crippen LogP contribution is -2.31. The molecule has 1 heterocycles. The molecule has 0 saturated carbocycles. The van der Waals surface area contributed by atoms with Crippen molar-refractivity contribution < 1.29 is 19.0 Å². The number of ether oxygens (including phenoxy) is 3. The first kappa shape index (κ1) is 15.2. The van der Waals surface area contributed by atoms with Gasteiger partial charge in [-0.15, -0.1) is 0 Å². The van der Waals surface area contributed by atoms with E-state index in [9.17, 15) is 4.79 Å². The molecule has 0 fully saturated rings. The molecule has 1 amide bonds. The van der Waals surface area contributed by atoms with Crippen molar-refractivity contribution in [2.24, 2.45) is 0 Å². The molecule has 0 bridgehead atoms. The summed E-state index contributed by atoms with van der Waals surface area (Å²) in [6.07, 6.45) is 0. The van der Waals surface area contributed by atoms with E-state index in [1.54, 1.807) is 11.9 Å². The van der Waals surface area contributed by atoms with Crippen molar-refractivity contribution in [3.05, 3.63) is 53.6 Å². The highest BCUT2D eigenvalue weighted by Crippen LogP contribution is 2.32. The van der Waals surface area contributed by atoms with Crippen LogP contribution in [0.25, 0.3) is 0 Å². The first-order valence-electron chi connectivity index (χ1n) is 7.44. The third kappa shape index (κ3) is 3.56. The lowest BCUT2D eigenvalue weighted by atomic mass is 10.2. The number of fused-ring (bicyclic) bond motifs is 1. The van der Waals surface area contributed by atoms with Crippen molar-refractivity contribution in [3.63, 3.8) is 0 Å². The Bertz CT molecular complexity index is 714. The second-order valence-corrected chi connectivity index (χ2v) is 5.49. The van der Waals surface area contributed by atoms with Crippen LogP contribution in [0.1, 0.15) is 11.1 Å². The number of carbonyl (C=O) groups is 1. The molecule has 0 aliphatic carbocycles. The summed E-state index contributed by atoms with van der Waals surface area (Å²) in [4.78, 5) is 13.8. The number of nitrogens with zero attached hydrogens (tertiary/aromatic N) is 1. The van der Waals surface area contributed by atoms with Gasteiger partial charge in [0.05, 0.1) is 0 Å². The van der Waals surface area contributed by atoms with Gasteiger partial charge in [0.25, 0.3) is 5.91 Å². The first-order valence-corrected chi connectivity index (χ1v) is 7.44. The van der Waals surface area contributed by atoms with Gasteiger partial charge in [-0.1, -0.05) is 24.3 Å². The SMILES string of the molecule is Cc1ccccc1OCC(=O)N(C)Cc1ccc2c(c1)OCO2. The summed E-state index contributed by atoms with van der Waals surface area (Å²) < 4.78 is 16.2. The molecule has 0 radical (unpaired) electrons. The largest absolute Gasteiger partial charge is 0.484 e. The Morgan fingerprint density at radius 3 is 2.78 bits per heavy atom. The molecule has 0 atom stereocenters. The van der Waals surface area contributed by atoms with Gasteiger partial charge in [0.1, 0.15) is 5.75 Å². The Morgan fingerprint density at radius 2 is 1.96 bits per heavy atom. The maximum absolute atomic E-state index is 12.2. The third-order valence-corrected chi connectivity index (χ3v) is 3.73. The Hall–Kier alpha value is -2.69. The second kappa shape index (κ2) is 6.60. The van der Waals surface area contributed by atoms with E-state index >= 15 is 0 Å². The van der Waals surface area contributed by atoms with Gasteiger partial charge in [-0.2, -0.15) is 0 Å². The fourth-order valence-corrected chi connectivity index (χ4v) is 2.37. The van der Waals surface area contributed by atoms with E-state index in [4.69, 9.17) is 14.2 Å². The molecule has 0 saturated heterocycles. The van der Waals surface area contributed by atoms with Crippen molar-refractivity contribution in [2.45, 2.75) is 13.5 Å². The average molecular weight is 313 g/mol. The second-order valence-electron chi connectivity index (χ2n) is 5.49. The number of benzene rings is 2. The highest BCUT2D eigenvalue weighted by Gasteiger charge is 2.15. The van der Waals surface area contributed by atoms with Crippen molar-refractivity contribution in [1.29, 1.82) is 0 Å². The highest BCUT2D eigenvalue weighted by molar-refractivity contribution is 5.77. The molecule has 2 aromatic carbocycles. The molecule has 1 aliphatic rings. The standard InChI is InChI=1S/C18H19NO4/c1-13-5-3-4-6-15(13)21-11-18(20)19(2)10-14-7-8-16-17(9-14)23-12-22-16/h3-9H,10-12H2,1-2H3. The maximum Gasteiger partial charge on any atom is 0.260 e. The van der Waals surface area contributed by atoms with E-state index in [1.165, 1.54) is 0 Å². The molecule has 120 valence electrons. The minimum absolute atomic E-state index is 0.0197. The zero-order valence-electron chi connectivity index (χ0n) is 13.2. The number of hydrogen-bond donors (Lipinski definition) is 0. The molecule has 1 aliphatic heterocycles. The van der Waals surface area contributed by atoms with Gasteiger partial charge < -0.3 is 19.1 Å². The molecule has 0 spiro atoms. The monoisotopic (exact) mass is 313 g/mol. The Balaban J connectivity index is 1.56. The van der Waals surface area contributed by atoms with Crippen molar-refractivity contribution in [3.8, 4) is 17.2 Å². The predicted octanol–water partition coefficient (Wildman–Crippen LogP) is 2.76. The number of para-hydroxylation sites is 1. The Morgan fingerprint density at radius 1 is 1.17 bits per heavy atom. The summed E-state index contributed by atoms with van der Waals surface area (Å²) in [6, 6.07) is 13.3. The van der Waals surface area contributed by atoms with Gasteiger partial charge in [-0.05, 0) is 36.2 Å². The topological polar surface area (TPSA) is 48.0 Å². The first-order chi connectivity index (χ1) is 11.1. The van der Waals surface area contributed by atoms with E-state index in [1.807, 2.05) is 49.4 Å². The van der Waals surface area contributed by atoms with E-state index < -0.39 is 0 Å². The van der Waals surface area contributed by atoms with Crippen molar-refractivity contribution in [1.82, 2.24) is 4.90 Å². The van der Waals surface area contributed by atoms with Gasteiger partial charge in [0, 0.05) is 13.6 Å². The molecular formula is C18H19NO4. The zero-order chi connectivity index (χ0) is 16.2. The molecule has 5 heteroatoms. The van der Waals surface area contributed by atoms with Gasteiger partial charge >= 0.3 is 0 Å². The van der Waals surface area contributed by atoms with Crippen LogP contribution in [-0.2, 0) is 11.3 Å². The van der Waals surface area contributed by atoms with Gasteiger partial charge in [0.15, 0.2) is 18.1 Å². The van der Waals surface area contributed by atoms with Gasteiger partial charge in [-0.3, -0.25) is 4.79 Å². The quantitative estimate of drug-likeness (QED) is 0.851. The lowest BCUT2D eigenvalue weighted by molar-refractivity contribution is -0.132. The van der Waals surface area contributed by atoms with Gasteiger partial charge in [-0.25, -0.2) is 0 Å². The van der Waals surface area contributed by atoms with E-state index in [-0.39, 0.29) is 19.3 Å². The van der Waals surface area contributed by atoms with E-state index in [0.29, 0.717) is 6.54 Å². The number of amides is 1. The minimum Gasteiger partial charge on any atom is -0.484 e. The van der Waals surface area contributed by atoms with E-state index in [0.717, 1.165) is 28.4 Å². The summed E-state index contributed by atoms with van der Waals surface area (Å²) in [5.74, 6) is 2.12. The summed E-state index contributed by atoms with van der Waals surface area (Å²) in [5, 5.41) is 0. The summed E-state index contributed by atoms with van der Waals surface area (Å²) in [7, 11) is 1.76. The number of carbonyl (C=O) groups excluding carboxylic acids is 1. The summed E-state index contributed by atoms with van der Waals surface area (Å²) in [6.45, 7) is 2.71. The van der Waals surface area contributed by atoms with Crippen LogP contribution in [-0.4, -0.2) is 31.3 Å². The predicted molar refractivity (Wildman–Crippen MR) is 85.7 cm³/mol. The smallest absolute Gasteiger partial charge is 0.260 e. The fraction of sp³-hybridized carbons (Fsp3) is 0.278. The lowest BCUT2D eigenvalue weighted by Gasteiger charge is -2.18. The van der Waals surface area contributed by atoms with Crippen molar-refractivity contribution >= 4 is 5.91 Å². The van der Waals surface area contributed by atoms with E-state index in [2.05, 4.69) is 0 Å². The van der Waals surface area contributed by atoms with Crippen LogP contribution in [0.5, 0.6) is 17.2 Å². The summed E-state index contributed by atoms with van der Waals surface area (Å²) in [5.41, 5.74) is 2.00. The van der Waals surface area contributed by atoms with Crippen LogP contribution in [0.2, 0.25) is 0 Å². The Labute approximate surface area is 135 Å². The molecular weight excluding hydrogens is 294 g/mol. The molecule has 0 aromatic heterocycles. The van der Waals surface area contributed by atoms with Crippen molar-refractivity contribution in [2.75, 3.05) is 20.4 Å². The number of hydrogen-bond acceptors (Lipinski definition) is 4. The minimum atomic E-state index is -0.0779. The van der Waals surface area contributed by atoms with Crippen LogP contribution in [0.3, 0.4) is 0 Å². The number of likely N-dealkylation sites (N-methyl/N-ethyl adjacent to an activating group) is 1. The Kier molecular flexibility index (Phi) is 4.37. The molecule has 0 unspecified atom stereocenters. The number of rotatable bonds is 5. The van der Waals surface area contributed by atoms with Crippen LogP contribution in [0, 0.1) is 6.92 Å². The highest BCUT2D eigenvalue weighted by atomic mass is 16.7. The van der Waals surface area contributed by atoms with Crippen LogP contribution >= 0.6 is 0 Å². The molecule has 5 nitrogen and oxygen atoms in total. The maximum atomic E-state index is 12.2. The third-order valence-electron chi connectivity index (χ3n) is 3.73. The summed E-state index contributed by atoms with van der Waals surface area (Å²) >= 11 is 0. The van der Waals surface area contributed by atoms with Crippen LogP contribution in [0.15, 0.2) is 42.5 Å². The van der Waals surface area contributed by atoms with Crippen LogP contribution in [0.4, 0.5) is 0 Å². The molecule has 2 aromatic rings. The average Bonchev–Trinajstić information content (AvgIpc) is 3.01. The van der Waals surface area contributed by atoms with Gasteiger partial charge in [0.2, 0.25) is 6.79 Å². The zero-order valence-corrected chi connectivity index (χ0v) is 13.2. The molecule has 3 rings (SSSR count). The number of aryl methyl sites for hydroxylation is 1. The van der Waals surface area contributed by atoms with Crippen LogP contribution < -0.4 is 14.2 Å². The molecule has 0 N–H and O–H groups in total. The molecule has 23 heavy (non-hydrogen) atoms.